The molecular formula is C16H25N3O3. The van der Waals surface area contributed by atoms with Crippen LogP contribution in [0.1, 0.15) is 26.3 Å². The molecule has 0 spiro atoms. The van der Waals surface area contributed by atoms with Crippen LogP contribution in [0, 0.1) is 0 Å². The van der Waals surface area contributed by atoms with Gasteiger partial charge in [0.05, 0.1) is 0 Å². The molecule has 1 aliphatic heterocycles. The highest BCUT2D eigenvalue weighted by atomic mass is 16.6. The van der Waals surface area contributed by atoms with Crippen LogP contribution in [0.2, 0.25) is 0 Å². The van der Waals surface area contributed by atoms with Crippen molar-refractivity contribution < 1.29 is 14.6 Å². The number of aromatic hydroxyl groups is 1. The van der Waals surface area contributed by atoms with E-state index in [9.17, 15) is 9.90 Å². The molecule has 0 aliphatic carbocycles. The van der Waals surface area contributed by atoms with Crippen molar-refractivity contribution in [2.24, 2.45) is 0 Å². The number of anilines is 1. The summed E-state index contributed by atoms with van der Waals surface area (Å²) in [6.45, 7) is 8.95. The summed E-state index contributed by atoms with van der Waals surface area (Å²) in [5.74, 6) is 0.253. The molecule has 6 nitrogen and oxygen atoms in total. The van der Waals surface area contributed by atoms with E-state index in [-0.39, 0.29) is 11.8 Å². The fourth-order valence-corrected chi connectivity index (χ4v) is 2.39. The lowest BCUT2D eigenvalue weighted by molar-refractivity contribution is 0.0138. The van der Waals surface area contributed by atoms with Gasteiger partial charge in [-0.25, -0.2) is 4.79 Å². The molecule has 1 aliphatic rings. The van der Waals surface area contributed by atoms with E-state index in [0.717, 1.165) is 18.7 Å². The topological polar surface area (TPSA) is 79.0 Å². The average molecular weight is 307 g/mol. The number of hydrogen-bond acceptors (Lipinski definition) is 5. The molecule has 1 aromatic rings. The molecule has 2 rings (SSSR count). The molecule has 22 heavy (non-hydrogen) atoms. The number of benzene rings is 1. The van der Waals surface area contributed by atoms with E-state index in [1.165, 1.54) is 0 Å². The molecule has 3 N–H and O–H groups in total. The van der Waals surface area contributed by atoms with Gasteiger partial charge in [0.1, 0.15) is 11.4 Å². The predicted octanol–water partition coefficient (Wildman–Crippen LogP) is 2.03. The summed E-state index contributed by atoms with van der Waals surface area (Å²) in [5, 5.41) is 9.87. The number of phenols is 1. The summed E-state index contributed by atoms with van der Waals surface area (Å²) in [5.41, 5.74) is 6.73. The minimum Gasteiger partial charge on any atom is -0.508 e. The molecule has 0 saturated carbocycles. The molecule has 1 heterocycles. The van der Waals surface area contributed by atoms with Crippen LogP contribution in [0.4, 0.5) is 10.5 Å². The third kappa shape index (κ3) is 4.53. The molecule has 0 bridgehead atoms. The Hall–Kier alpha value is -1.95. The Morgan fingerprint density at radius 2 is 1.91 bits per heavy atom. The van der Waals surface area contributed by atoms with E-state index >= 15 is 0 Å². The normalized spacial score (nSPS) is 16.6. The van der Waals surface area contributed by atoms with Gasteiger partial charge in [-0.15, -0.1) is 0 Å². The standard InChI is InChI=1S/C16H25N3O3/c1-16(2,3)22-15(21)19-8-6-18(7-9-19)11-12-10-13(17)4-5-14(12)20/h4-5,10,20H,6-9,11,17H2,1-3H3. The van der Waals surface area contributed by atoms with E-state index in [0.29, 0.717) is 25.3 Å². The van der Waals surface area contributed by atoms with Crippen LogP contribution in [0.25, 0.3) is 0 Å². The maximum atomic E-state index is 12.0. The van der Waals surface area contributed by atoms with Crippen LogP contribution in [-0.4, -0.2) is 52.8 Å². The lowest BCUT2D eigenvalue weighted by atomic mass is 10.1. The van der Waals surface area contributed by atoms with Crippen LogP contribution in [0.5, 0.6) is 5.75 Å². The van der Waals surface area contributed by atoms with E-state index in [1.807, 2.05) is 20.8 Å². The second-order valence-corrected chi connectivity index (χ2v) is 6.63. The maximum absolute atomic E-state index is 12.0. The highest BCUT2D eigenvalue weighted by Crippen LogP contribution is 2.22. The first-order valence-corrected chi connectivity index (χ1v) is 7.52. The number of nitrogen functional groups attached to an aromatic ring is 1. The number of carbonyl (C=O) groups is 1. The highest BCUT2D eigenvalue weighted by Gasteiger charge is 2.26. The molecular weight excluding hydrogens is 282 g/mol. The molecule has 1 aromatic carbocycles. The summed E-state index contributed by atoms with van der Waals surface area (Å²) >= 11 is 0. The van der Waals surface area contributed by atoms with Gasteiger partial charge in [0, 0.05) is 44.0 Å². The SMILES string of the molecule is CC(C)(C)OC(=O)N1CCN(Cc2cc(N)ccc2O)CC1. The zero-order chi connectivity index (χ0) is 16.3. The lowest BCUT2D eigenvalue weighted by Gasteiger charge is -2.35. The van der Waals surface area contributed by atoms with E-state index in [1.54, 1.807) is 23.1 Å². The predicted molar refractivity (Wildman–Crippen MR) is 85.6 cm³/mol. The van der Waals surface area contributed by atoms with Crippen molar-refractivity contribution in [1.29, 1.82) is 0 Å². The first-order chi connectivity index (χ1) is 10.2. The van der Waals surface area contributed by atoms with Gasteiger partial charge in [-0.2, -0.15) is 0 Å². The Labute approximate surface area is 131 Å². The molecule has 0 atom stereocenters. The van der Waals surface area contributed by atoms with Gasteiger partial charge in [0.25, 0.3) is 0 Å². The molecule has 0 aromatic heterocycles. The quantitative estimate of drug-likeness (QED) is 0.645. The number of carbonyl (C=O) groups excluding carboxylic acids is 1. The van der Waals surface area contributed by atoms with Crippen molar-refractivity contribution in [2.75, 3.05) is 31.9 Å². The van der Waals surface area contributed by atoms with Gasteiger partial charge >= 0.3 is 6.09 Å². The van der Waals surface area contributed by atoms with Gasteiger partial charge in [-0.1, -0.05) is 0 Å². The second-order valence-electron chi connectivity index (χ2n) is 6.63. The molecule has 0 unspecified atom stereocenters. The number of nitrogens with two attached hydrogens (primary N) is 1. The number of piperazine rings is 1. The largest absolute Gasteiger partial charge is 0.508 e. The zero-order valence-corrected chi connectivity index (χ0v) is 13.5. The van der Waals surface area contributed by atoms with E-state index < -0.39 is 5.60 Å². The molecule has 1 amide bonds. The van der Waals surface area contributed by atoms with E-state index in [4.69, 9.17) is 10.5 Å². The zero-order valence-electron chi connectivity index (χ0n) is 13.5. The number of ether oxygens (including phenoxy) is 1. The van der Waals surface area contributed by atoms with Crippen molar-refractivity contribution >= 4 is 11.8 Å². The van der Waals surface area contributed by atoms with Gasteiger partial charge in [0.2, 0.25) is 0 Å². The summed E-state index contributed by atoms with van der Waals surface area (Å²) in [7, 11) is 0. The number of amides is 1. The molecule has 6 heteroatoms. The van der Waals surface area contributed by atoms with Crippen LogP contribution in [0.15, 0.2) is 18.2 Å². The van der Waals surface area contributed by atoms with Gasteiger partial charge in [0.15, 0.2) is 0 Å². The van der Waals surface area contributed by atoms with Crippen molar-refractivity contribution in [1.82, 2.24) is 9.80 Å². The summed E-state index contributed by atoms with van der Waals surface area (Å²) < 4.78 is 5.38. The Morgan fingerprint density at radius 3 is 2.50 bits per heavy atom. The fraction of sp³-hybridized carbons (Fsp3) is 0.562. The van der Waals surface area contributed by atoms with Crippen molar-refractivity contribution in [3.63, 3.8) is 0 Å². The van der Waals surface area contributed by atoms with Crippen LogP contribution < -0.4 is 5.73 Å². The maximum Gasteiger partial charge on any atom is 0.410 e. The summed E-state index contributed by atoms with van der Waals surface area (Å²) in [4.78, 5) is 15.9. The fourth-order valence-electron chi connectivity index (χ4n) is 2.39. The number of hydrogen-bond donors (Lipinski definition) is 2. The van der Waals surface area contributed by atoms with Gasteiger partial charge in [-0.05, 0) is 39.0 Å². The summed E-state index contributed by atoms with van der Waals surface area (Å²) in [6.07, 6.45) is -0.265. The minimum absolute atomic E-state index is 0.253. The first-order valence-electron chi connectivity index (χ1n) is 7.52. The highest BCUT2D eigenvalue weighted by molar-refractivity contribution is 5.68. The smallest absolute Gasteiger partial charge is 0.410 e. The number of nitrogens with zero attached hydrogens (tertiary/aromatic N) is 2. The molecule has 0 radical (unpaired) electrons. The summed E-state index contributed by atoms with van der Waals surface area (Å²) in [6, 6.07) is 5.08. The monoisotopic (exact) mass is 307 g/mol. The molecule has 1 saturated heterocycles. The Balaban J connectivity index is 1.87. The van der Waals surface area contributed by atoms with Gasteiger partial charge < -0.3 is 20.5 Å². The van der Waals surface area contributed by atoms with Gasteiger partial charge in [-0.3, -0.25) is 4.90 Å². The Bertz CT molecular complexity index is 532. The van der Waals surface area contributed by atoms with Crippen LogP contribution >= 0.6 is 0 Å². The van der Waals surface area contributed by atoms with E-state index in [2.05, 4.69) is 4.90 Å². The van der Waals surface area contributed by atoms with Crippen molar-refractivity contribution in [3.8, 4) is 5.75 Å². The van der Waals surface area contributed by atoms with Crippen LogP contribution in [-0.2, 0) is 11.3 Å². The number of phenolic OH excluding ortho intramolecular Hbond substituents is 1. The van der Waals surface area contributed by atoms with Crippen molar-refractivity contribution in [3.05, 3.63) is 23.8 Å². The first kappa shape index (κ1) is 16.4. The second kappa shape index (κ2) is 6.44. The Morgan fingerprint density at radius 1 is 1.27 bits per heavy atom. The minimum atomic E-state index is -0.471. The van der Waals surface area contributed by atoms with Crippen LogP contribution in [0.3, 0.4) is 0 Å². The Kier molecular flexibility index (Phi) is 4.81. The number of rotatable bonds is 2. The average Bonchev–Trinajstić information content (AvgIpc) is 2.42. The third-order valence-corrected chi connectivity index (χ3v) is 3.52. The lowest BCUT2D eigenvalue weighted by Crippen LogP contribution is -2.49. The third-order valence-electron chi connectivity index (χ3n) is 3.52. The molecule has 1 fully saturated rings. The molecule has 122 valence electrons. The van der Waals surface area contributed by atoms with Crippen molar-refractivity contribution in [2.45, 2.75) is 32.9 Å².